The van der Waals surface area contributed by atoms with Gasteiger partial charge in [0, 0.05) is 18.8 Å². The molecule has 2 aliphatic carbocycles. The number of hydrogen-bond donors (Lipinski definition) is 2. The highest BCUT2D eigenvalue weighted by Gasteiger charge is 2.36. The van der Waals surface area contributed by atoms with Crippen LogP contribution in [-0.2, 0) is 17.6 Å². The molecule has 0 radical (unpaired) electrons. The molecule has 0 aliphatic heterocycles. The van der Waals surface area contributed by atoms with Crippen LogP contribution in [0.5, 0.6) is 0 Å². The molecule has 1 aromatic carbocycles. The monoisotopic (exact) mass is 331 g/mol. The van der Waals surface area contributed by atoms with Gasteiger partial charge in [0.05, 0.1) is 6.61 Å². The number of nitrogens with two attached hydrogens (primary N) is 1. The van der Waals surface area contributed by atoms with E-state index < -0.39 is 0 Å². The molecular formula is C21H33NO2. The first-order chi connectivity index (χ1) is 11.6. The molecule has 0 heterocycles. The summed E-state index contributed by atoms with van der Waals surface area (Å²) >= 11 is 0. The van der Waals surface area contributed by atoms with Gasteiger partial charge in [-0.3, -0.25) is 0 Å². The second-order valence-electron chi connectivity index (χ2n) is 7.94. The number of aliphatic hydroxyl groups is 1. The van der Waals surface area contributed by atoms with Crippen LogP contribution in [0.2, 0.25) is 0 Å². The zero-order chi connectivity index (χ0) is 17.0. The minimum atomic E-state index is -0.355. The molecule has 1 saturated carbocycles. The largest absolute Gasteiger partial charge is 0.394 e. The van der Waals surface area contributed by atoms with Crippen LogP contribution in [0.4, 0.5) is 0 Å². The fourth-order valence-corrected chi connectivity index (χ4v) is 4.55. The molecule has 0 spiro atoms. The van der Waals surface area contributed by atoms with E-state index in [-0.39, 0.29) is 12.1 Å². The molecule has 3 atom stereocenters. The number of rotatable bonds is 7. The zero-order valence-electron chi connectivity index (χ0n) is 15.1. The van der Waals surface area contributed by atoms with Crippen molar-refractivity contribution in [3.63, 3.8) is 0 Å². The zero-order valence-corrected chi connectivity index (χ0v) is 15.1. The molecule has 2 aliphatic rings. The number of aryl methyl sites for hydroxylation is 1. The number of benzene rings is 1. The van der Waals surface area contributed by atoms with E-state index in [4.69, 9.17) is 10.5 Å². The van der Waals surface area contributed by atoms with E-state index in [1.807, 2.05) is 0 Å². The molecule has 3 rings (SSSR count). The van der Waals surface area contributed by atoms with E-state index in [2.05, 4.69) is 25.1 Å². The van der Waals surface area contributed by atoms with Gasteiger partial charge in [0.1, 0.15) is 0 Å². The summed E-state index contributed by atoms with van der Waals surface area (Å²) in [5.74, 6) is 1.35. The van der Waals surface area contributed by atoms with E-state index in [0.29, 0.717) is 5.92 Å². The minimum absolute atomic E-state index is 0.109. The van der Waals surface area contributed by atoms with Gasteiger partial charge >= 0.3 is 0 Å². The van der Waals surface area contributed by atoms with Gasteiger partial charge in [-0.2, -0.15) is 0 Å². The molecule has 3 N–H and O–H groups in total. The van der Waals surface area contributed by atoms with Crippen LogP contribution in [0.15, 0.2) is 18.2 Å². The topological polar surface area (TPSA) is 55.5 Å². The smallest absolute Gasteiger partial charge is 0.0611 e. The van der Waals surface area contributed by atoms with Crippen LogP contribution in [-0.4, -0.2) is 30.5 Å². The van der Waals surface area contributed by atoms with Crippen LogP contribution in [0.3, 0.4) is 0 Å². The molecule has 0 aromatic heterocycles. The Balaban J connectivity index is 1.58. The first kappa shape index (κ1) is 17.9. The normalized spacial score (nSPS) is 29.6. The van der Waals surface area contributed by atoms with Crippen molar-refractivity contribution >= 4 is 0 Å². The van der Waals surface area contributed by atoms with Gasteiger partial charge in [-0.15, -0.1) is 0 Å². The maximum Gasteiger partial charge on any atom is 0.0611 e. The maximum absolute atomic E-state index is 9.48. The Bertz CT molecular complexity index is 545. The summed E-state index contributed by atoms with van der Waals surface area (Å²) < 4.78 is 5.46. The van der Waals surface area contributed by atoms with Crippen LogP contribution in [0, 0.1) is 5.92 Å². The predicted molar refractivity (Wildman–Crippen MR) is 98.3 cm³/mol. The number of aliphatic hydroxyl groups excluding tert-OH is 1. The molecule has 1 fully saturated rings. The van der Waals surface area contributed by atoms with Gasteiger partial charge in [0.15, 0.2) is 0 Å². The Kier molecular flexibility index (Phi) is 5.96. The molecule has 0 saturated heterocycles. The Morgan fingerprint density at radius 2 is 2.17 bits per heavy atom. The SMILES string of the molecule is CCOCCC[C@@H]1CCc2cc([C@@H]3CC[C@@](N)(CO)C3)ccc2C1. The first-order valence-corrected chi connectivity index (χ1v) is 9.73. The highest BCUT2D eigenvalue weighted by atomic mass is 16.5. The summed E-state index contributed by atoms with van der Waals surface area (Å²) in [5, 5.41) is 9.48. The molecule has 3 nitrogen and oxygen atoms in total. The molecule has 0 unspecified atom stereocenters. The molecule has 1 aromatic rings. The maximum atomic E-state index is 9.48. The summed E-state index contributed by atoms with van der Waals surface area (Å²) in [7, 11) is 0. The van der Waals surface area contributed by atoms with Gasteiger partial charge in [-0.05, 0) is 86.8 Å². The number of ether oxygens (including phenoxy) is 1. The molecule has 134 valence electrons. The molecule has 3 heteroatoms. The number of hydrogen-bond acceptors (Lipinski definition) is 3. The van der Waals surface area contributed by atoms with Gasteiger partial charge < -0.3 is 15.6 Å². The van der Waals surface area contributed by atoms with Crippen molar-refractivity contribution in [1.29, 1.82) is 0 Å². The Morgan fingerprint density at radius 3 is 2.92 bits per heavy atom. The lowest BCUT2D eigenvalue weighted by atomic mass is 9.80. The van der Waals surface area contributed by atoms with Gasteiger partial charge in [0.2, 0.25) is 0 Å². The quantitative estimate of drug-likeness (QED) is 0.751. The highest BCUT2D eigenvalue weighted by Crippen LogP contribution is 2.40. The van der Waals surface area contributed by atoms with Gasteiger partial charge in [0.25, 0.3) is 0 Å². The molecule has 24 heavy (non-hydrogen) atoms. The Morgan fingerprint density at radius 1 is 1.29 bits per heavy atom. The molecule has 0 amide bonds. The van der Waals surface area contributed by atoms with Crippen molar-refractivity contribution in [2.45, 2.75) is 69.7 Å². The molecular weight excluding hydrogens is 298 g/mol. The van der Waals surface area contributed by atoms with Crippen LogP contribution >= 0.6 is 0 Å². The van der Waals surface area contributed by atoms with Crippen molar-refractivity contribution in [3.8, 4) is 0 Å². The van der Waals surface area contributed by atoms with Crippen LogP contribution < -0.4 is 5.73 Å². The third kappa shape index (κ3) is 4.19. The average molecular weight is 332 g/mol. The Labute approximate surface area is 146 Å². The minimum Gasteiger partial charge on any atom is -0.394 e. The van der Waals surface area contributed by atoms with Crippen molar-refractivity contribution in [1.82, 2.24) is 0 Å². The summed E-state index contributed by atoms with van der Waals surface area (Å²) in [5.41, 5.74) is 10.4. The fourth-order valence-electron chi connectivity index (χ4n) is 4.55. The van der Waals surface area contributed by atoms with E-state index in [1.165, 1.54) is 37.7 Å². The lowest BCUT2D eigenvalue weighted by Crippen LogP contribution is -2.40. The van der Waals surface area contributed by atoms with Gasteiger partial charge in [-0.25, -0.2) is 0 Å². The summed E-state index contributed by atoms with van der Waals surface area (Å²) in [4.78, 5) is 0. The highest BCUT2D eigenvalue weighted by molar-refractivity contribution is 5.36. The van der Waals surface area contributed by atoms with Crippen molar-refractivity contribution in [3.05, 3.63) is 34.9 Å². The average Bonchev–Trinajstić information content (AvgIpc) is 3.01. The first-order valence-electron chi connectivity index (χ1n) is 9.73. The lowest BCUT2D eigenvalue weighted by Gasteiger charge is -2.26. The fraction of sp³-hybridized carbons (Fsp3) is 0.714. The standard InChI is InChI=1S/C21H33NO2/c1-2-24-11-3-4-16-5-6-18-13-19(8-7-17(18)12-16)20-9-10-21(22,14-20)15-23/h7-8,13,16,20,23H,2-6,9-12,14-15,22H2,1H3/t16-,20-,21+/m1/s1. The predicted octanol–water partition coefficient (Wildman–Crippen LogP) is 3.57. The van der Waals surface area contributed by atoms with Crippen molar-refractivity contribution < 1.29 is 9.84 Å². The summed E-state index contributed by atoms with van der Waals surface area (Å²) in [6.07, 6.45) is 9.19. The van der Waals surface area contributed by atoms with Crippen molar-refractivity contribution in [2.24, 2.45) is 11.7 Å². The third-order valence-electron chi connectivity index (χ3n) is 6.10. The summed E-state index contributed by atoms with van der Waals surface area (Å²) in [6.45, 7) is 3.91. The van der Waals surface area contributed by atoms with E-state index in [0.717, 1.165) is 38.4 Å². The van der Waals surface area contributed by atoms with E-state index in [1.54, 1.807) is 11.1 Å². The van der Waals surface area contributed by atoms with Crippen LogP contribution in [0.1, 0.15) is 68.1 Å². The van der Waals surface area contributed by atoms with Crippen LogP contribution in [0.25, 0.3) is 0 Å². The van der Waals surface area contributed by atoms with Crippen molar-refractivity contribution in [2.75, 3.05) is 19.8 Å². The van der Waals surface area contributed by atoms with E-state index in [9.17, 15) is 5.11 Å². The second-order valence-corrected chi connectivity index (χ2v) is 7.94. The second kappa shape index (κ2) is 7.99. The Hall–Kier alpha value is -0.900. The van der Waals surface area contributed by atoms with Gasteiger partial charge in [-0.1, -0.05) is 18.2 Å². The lowest BCUT2D eigenvalue weighted by molar-refractivity contribution is 0.138. The summed E-state index contributed by atoms with van der Waals surface area (Å²) in [6, 6.07) is 7.10. The third-order valence-corrected chi connectivity index (χ3v) is 6.10. The van der Waals surface area contributed by atoms with E-state index >= 15 is 0 Å². The molecule has 0 bridgehead atoms. The number of fused-ring (bicyclic) bond motifs is 1.